The molecule has 1 aliphatic carbocycles. The van der Waals surface area contributed by atoms with Crippen LogP contribution in [-0.2, 0) is 11.2 Å². The van der Waals surface area contributed by atoms with E-state index in [-0.39, 0.29) is 0 Å². The molecule has 2 rings (SSSR count). The Morgan fingerprint density at radius 3 is 2.53 bits per heavy atom. The maximum Gasteiger partial charge on any atom is 0.137 e. The zero-order valence-corrected chi connectivity index (χ0v) is 10.7. The molecule has 0 fully saturated rings. The number of hydrogen-bond acceptors (Lipinski definition) is 1. The predicted molar refractivity (Wildman–Crippen MR) is 65.9 cm³/mol. The number of rotatable bonds is 1. The van der Waals surface area contributed by atoms with Crippen molar-refractivity contribution in [3.05, 3.63) is 35.4 Å². The van der Waals surface area contributed by atoms with Crippen molar-refractivity contribution in [2.24, 2.45) is 0 Å². The molecule has 0 aromatic heterocycles. The van der Waals surface area contributed by atoms with Crippen LogP contribution in [0.4, 0.5) is 0 Å². The molecule has 0 radical (unpaired) electrons. The fourth-order valence-electron chi connectivity index (χ4n) is 2.43. The Bertz CT molecular complexity index is 390. The molecular formula is C13H18OSi. The molecule has 2 heteroatoms. The molecular weight excluding hydrogens is 200 g/mol. The van der Waals surface area contributed by atoms with E-state index in [4.69, 9.17) is 0 Å². The molecule has 0 bridgehead atoms. The Labute approximate surface area is 92.5 Å². The third kappa shape index (κ3) is 2.05. The molecule has 0 aliphatic heterocycles. The molecule has 1 aliphatic rings. The molecule has 0 N–H and O–H groups in total. The number of carbonyl (C=O) groups excluding carboxylic acids is 1. The normalized spacial score (nSPS) is 21.3. The highest BCUT2D eigenvalue weighted by atomic mass is 28.3. The first-order valence-electron chi connectivity index (χ1n) is 5.58. The van der Waals surface area contributed by atoms with Crippen molar-refractivity contribution in [2.75, 3.05) is 0 Å². The van der Waals surface area contributed by atoms with Gasteiger partial charge in [-0.1, -0.05) is 43.9 Å². The second-order valence-electron chi connectivity index (χ2n) is 5.54. The Hall–Kier alpha value is -0.893. The monoisotopic (exact) mass is 218 g/mol. The summed E-state index contributed by atoms with van der Waals surface area (Å²) >= 11 is 0. The molecule has 0 saturated heterocycles. The summed E-state index contributed by atoms with van der Waals surface area (Å²) < 4.78 is 0. The lowest BCUT2D eigenvalue weighted by molar-refractivity contribution is -0.118. The van der Waals surface area contributed by atoms with Crippen molar-refractivity contribution in [3.8, 4) is 0 Å². The minimum atomic E-state index is -1.27. The summed E-state index contributed by atoms with van der Waals surface area (Å²) in [7, 11) is -1.27. The SMILES string of the molecule is C[Si](C)(C)C1CC(=O)Cc2ccccc21. The fourth-order valence-corrected chi connectivity index (χ4v) is 4.48. The summed E-state index contributed by atoms with van der Waals surface area (Å²) in [5, 5.41) is 0. The van der Waals surface area contributed by atoms with Crippen molar-refractivity contribution in [1.29, 1.82) is 0 Å². The summed E-state index contributed by atoms with van der Waals surface area (Å²) in [6.07, 6.45) is 1.42. The van der Waals surface area contributed by atoms with Crippen molar-refractivity contribution in [3.63, 3.8) is 0 Å². The lowest BCUT2D eigenvalue weighted by Gasteiger charge is -2.33. The second-order valence-corrected chi connectivity index (χ2v) is 11.0. The number of Topliss-reactive ketones (excluding diaryl/α,β-unsaturated/α-hetero) is 1. The lowest BCUT2D eigenvalue weighted by Crippen LogP contribution is -2.36. The maximum absolute atomic E-state index is 11.7. The first-order valence-corrected chi connectivity index (χ1v) is 9.16. The van der Waals surface area contributed by atoms with Gasteiger partial charge in [0.15, 0.2) is 0 Å². The molecule has 0 spiro atoms. The number of ketones is 1. The molecule has 15 heavy (non-hydrogen) atoms. The summed E-state index contributed by atoms with van der Waals surface area (Å²) in [6.45, 7) is 7.06. The van der Waals surface area contributed by atoms with Crippen LogP contribution in [0.25, 0.3) is 0 Å². The van der Waals surface area contributed by atoms with E-state index in [1.54, 1.807) is 0 Å². The van der Waals surface area contributed by atoms with Gasteiger partial charge in [0.25, 0.3) is 0 Å². The smallest absolute Gasteiger partial charge is 0.137 e. The third-order valence-electron chi connectivity index (χ3n) is 3.30. The van der Waals surface area contributed by atoms with Gasteiger partial charge >= 0.3 is 0 Å². The standard InChI is InChI=1S/C13H18OSi/c1-15(2,3)13-9-11(14)8-10-6-4-5-7-12(10)13/h4-7,13H,8-9H2,1-3H3. The van der Waals surface area contributed by atoms with Gasteiger partial charge in [0, 0.05) is 12.8 Å². The highest BCUT2D eigenvalue weighted by Crippen LogP contribution is 2.36. The number of hydrogen-bond donors (Lipinski definition) is 0. The highest BCUT2D eigenvalue weighted by molar-refractivity contribution is 6.77. The topological polar surface area (TPSA) is 17.1 Å². The van der Waals surface area contributed by atoms with Gasteiger partial charge in [-0.25, -0.2) is 0 Å². The fraction of sp³-hybridized carbons (Fsp3) is 0.462. The number of benzene rings is 1. The first kappa shape index (κ1) is 10.6. The van der Waals surface area contributed by atoms with Crippen LogP contribution in [0.15, 0.2) is 24.3 Å². The van der Waals surface area contributed by atoms with Crippen molar-refractivity contribution >= 4 is 13.9 Å². The average molecular weight is 218 g/mol. The zero-order chi connectivity index (χ0) is 11.1. The van der Waals surface area contributed by atoms with Crippen LogP contribution in [0, 0.1) is 0 Å². The van der Waals surface area contributed by atoms with Crippen molar-refractivity contribution in [2.45, 2.75) is 38.0 Å². The van der Waals surface area contributed by atoms with Crippen LogP contribution in [0.5, 0.6) is 0 Å². The zero-order valence-electron chi connectivity index (χ0n) is 9.71. The van der Waals surface area contributed by atoms with E-state index in [1.807, 2.05) is 6.07 Å². The first-order chi connectivity index (χ1) is 6.98. The van der Waals surface area contributed by atoms with E-state index in [1.165, 1.54) is 11.1 Å². The Morgan fingerprint density at radius 1 is 1.20 bits per heavy atom. The van der Waals surface area contributed by atoms with Crippen LogP contribution < -0.4 is 0 Å². The second kappa shape index (κ2) is 3.60. The van der Waals surface area contributed by atoms with E-state index in [2.05, 4.69) is 37.8 Å². The molecule has 0 amide bonds. The van der Waals surface area contributed by atoms with Crippen LogP contribution in [0.3, 0.4) is 0 Å². The summed E-state index contributed by atoms with van der Waals surface area (Å²) in [5.74, 6) is 0.418. The highest BCUT2D eigenvalue weighted by Gasteiger charge is 2.34. The van der Waals surface area contributed by atoms with Gasteiger partial charge < -0.3 is 0 Å². The molecule has 1 aromatic rings. The van der Waals surface area contributed by atoms with Gasteiger partial charge in [0.2, 0.25) is 0 Å². The predicted octanol–water partition coefficient (Wildman–Crippen LogP) is 3.16. The molecule has 1 aromatic carbocycles. The van der Waals surface area contributed by atoms with E-state index in [0.717, 1.165) is 6.42 Å². The van der Waals surface area contributed by atoms with Gasteiger partial charge in [-0.05, 0) is 16.7 Å². The summed E-state index contributed by atoms with van der Waals surface area (Å²) in [5.41, 5.74) is 3.23. The van der Waals surface area contributed by atoms with Gasteiger partial charge in [-0.15, -0.1) is 0 Å². The molecule has 1 atom stereocenters. The van der Waals surface area contributed by atoms with E-state index < -0.39 is 8.07 Å². The van der Waals surface area contributed by atoms with Crippen molar-refractivity contribution < 1.29 is 4.79 Å². The van der Waals surface area contributed by atoms with Crippen LogP contribution in [0.1, 0.15) is 23.1 Å². The lowest BCUT2D eigenvalue weighted by atomic mass is 9.90. The number of carbonyl (C=O) groups is 1. The summed E-state index contributed by atoms with van der Waals surface area (Å²) in [6, 6.07) is 8.46. The van der Waals surface area contributed by atoms with E-state index >= 15 is 0 Å². The average Bonchev–Trinajstić information content (AvgIpc) is 2.15. The Balaban J connectivity index is 2.47. The van der Waals surface area contributed by atoms with Gasteiger partial charge in [-0.2, -0.15) is 0 Å². The molecule has 80 valence electrons. The van der Waals surface area contributed by atoms with E-state index in [0.29, 0.717) is 17.7 Å². The number of fused-ring (bicyclic) bond motifs is 1. The van der Waals surface area contributed by atoms with Crippen LogP contribution in [0.2, 0.25) is 19.6 Å². The molecule has 1 nitrogen and oxygen atoms in total. The summed E-state index contributed by atoms with van der Waals surface area (Å²) in [4.78, 5) is 11.7. The minimum absolute atomic E-state index is 0.418. The quantitative estimate of drug-likeness (QED) is 0.662. The van der Waals surface area contributed by atoms with Gasteiger partial charge in [-0.3, -0.25) is 4.79 Å². The maximum atomic E-state index is 11.7. The van der Waals surface area contributed by atoms with Gasteiger partial charge in [0.05, 0.1) is 8.07 Å². The third-order valence-corrected chi connectivity index (χ3v) is 5.90. The van der Waals surface area contributed by atoms with Crippen LogP contribution in [-0.4, -0.2) is 13.9 Å². The Kier molecular flexibility index (Phi) is 2.55. The molecule has 0 heterocycles. The van der Waals surface area contributed by atoms with Gasteiger partial charge in [0.1, 0.15) is 5.78 Å². The van der Waals surface area contributed by atoms with Crippen molar-refractivity contribution in [1.82, 2.24) is 0 Å². The Morgan fingerprint density at radius 2 is 1.87 bits per heavy atom. The van der Waals surface area contributed by atoms with E-state index in [9.17, 15) is 4.79 Å². The largest absolute Gasteiger partial charge is 0.299 e. The molecule has 1 unspecified atom stereocenters. The van der Waals surface area contributed by atoms with Crippen LogP contribution >= 0.6 is 0 Å². The molecule has 0 saturated carbocycles. The minimum Gasteiger partial charge on any atom is -0.299 e.